The van der Waals surface area contributed by atoms with Crippen LogP contribution in [0.1, 0.15) is 25.8 Å². The van der Waals surface area contributed by atoms with Crippen molar-refractivity contribution in [2.45, 2.75) is 32.9 Å². The Morgan fingerprint density at radius 1 is 1.00 bits per heavy atom. The number of hydrogen-bond donors (Lipinski definition) is 4. The van der Waals surface area contributed by atoms with Gasteiger partial charge in [0.05, 0.1) is 23.6 Å². The third-order valence-electron chi connectivity index (χ3n) is 6.37. The van der Waals surface area contributed by atoms with E-state index in [0.29, 0.717) is 5.56 Å². The molecule has 34 heavy (non-hydrogen) atoms. The lowest BCUT2D eigenvalue weighted by atomic mass is 10.0. The van der Waals surface area contributed by atoms with Crippen LogP contribution >= 0.6 is 0 Å². The molecule has 0 aliphatic rings. The van der Waals surface area contributed by atoms with Crippen molar-refractivity contribution in [2.24, 2.45) is 0 Å². The monoisotopic (exact) mass is 455 g/mol. The van der Waals surface area contributed by atoms with Gasteiger partial charge in [-0.05, 0) is 72.8 Å². The fourth-order valence-electron chi connectivity index (χ4n) is 4.40. The summed E-state index contributed by atoms with van der Waals surface area (Å²) in [5.74, 6) is 0. The first-order valence-corrected chi connectivity index (χ1v) is 11.7. The van der Waals surface area contributed by atoms with Crippen molar-refractivity contribution < 1.29 is 5.11 Å². The molecule has 3 aromatic heterocycles. The number of hydrogen-bond acceptors (Lipinski definition) is 4. The zero-order valence-electron chi connectivity index (χ0n) is 19.4. The van der Waals surface area contributed by atoms with E-state index in [1.165, 1.54) is 5.56 Å². The summed E-state index contributed by atoms with van der Waals surface area (Å²) in [4.78, 5) is 21.6. The minimum absolute atomic E-state index is 0.120. The number of nitrogens with one attached hydrogen (secondary N) is 3. The molecule has 2 aromatic carbocycles. The summed E-state index contributed by atoms with van der Waals surface area (Å²) < 4.78 is 0. The Bertz CT molecular complexity index is 1480. The van der Waals surface area contributed by atoms with Gasteiger partial charge in [-0.1, -0.05) is 19.1 Å². The van der Waals surface area contributed by atoms with Gasteiger partial charge in [-0.25, -0.2) is 0 Å². The van der Waals surface area contributed by atoms with Crippen LogP contribution in [0.15, 0.2) is 65.7 Å². The van der Waals surface area contributed by atoms with Crippen molar-refractivity contribution in [3.8, 4) is 22.4 Å². The molecular formula is C27H29N5O2. The summed E-state index contributed by atoms with van der Waals surface area (Å²) in [5.41, 5.74) is 6.34. The van der Waals surface area contributed by atoms with Gasteiger partial charge in [0.2, 0.25) is 0 Å². The highest BCUT2D eigenvalue weighted by Crippen LogP contribution is 2.27. The first kappa shape index (κ1) is 22.1. The van der Waals surface area contributed by atoms with Crippen LogP contribution in [0, 0.1) is 0 Å². The Kier molecular flexibility index (Phi) is 6.04. The van der Waals surface area contributed by atoms with Crippen molar-refractivity contribution in [1.29, 1.82) is 0 Å². The van der Waals surface area contributed by atoms with Gasteiger partial charge in [-0.3, -0.25) is 14.8 Å². The quantitative estimate of drug-likeness (QED) is 0.273. The second-order valence-corrected chi connectivity index (χ2v) is 8.91. The van der Waals surface area contributed by atoms with E-state index in [0.717, 1.165) is 64.7 Å². The largest absolute Gasteiger partial charge is 0.393 e. The topological polar surface area (TPSA) is 101 Å². The van der Waals surface area contributed by atoms with E-state index in [-0.39, 0.29) is 11.7 Å². The number of H-pyrrole nitrogens is 3. The lowest BCUT2D eigenvalue weighted by molar-refractivity contribution is 0.156. The van der Waals surface area contributed by atoms with Crippen molar-refractivity contribution >= 4 is 21.8 Å². The van der Waals surface area contributed by atoms with Crippen LogP contribution in [0.5, 0.6) is 0 Å². The molecule has 0 aliphatic carbocycles. The third-order valence-corrected chi connectivity index (χ3v) is 6.37. The van der Waals surface area contributed by atoms with Crippen LogP contribution in [0.3, 0.4) is 0 Å². The predicted octanol–water partition coefficient (Wildman–Crippen LogP) is 4.66. The van der Waals surface area contributed by atoms with E-state index in [9.17, 15) is 9.90 Å². The van der Waals surface area contributed by atoms with Gasteiger partial charge in [-0.2, -0.15) is 5.10 Å². The number of benzene rings is 2. The number of pyridine rings is 1. The Hall–Kier alpha value is -3.68. The molecule has 174 valence electrons. The van der Waals surface area contributed by atoms with E-state index in [4.69, 9.17) is 0 Å². The molecule has 7 nitrogen and oxygen atoms in total. The number of aromatic nitrogens is 4. The van der Waals surface area contributed by atoms with Crippen LogP contribution in [-0.4, -0.2) is 49.4 Å². The van der Waals surface area contributed by atoms with E-state index in [1.54, 1.807) is 6.20 Å². The van der Waals surface area contributed by atoms with Gasteiger partial charge < -0.3 is 15.1 Å². The van der Waals surface area contributed by atoms with E-state index in [1.807, 2.05) is 37.4 Å². The SMILES string of the molecule is CCN(CCC(C)O)Cc1ccc2[nH]c(-c3cc4cc(-c5cn[nH]c5)ccc4[nH]c3=O)cc2c1. The highest BCUT2D eigenvalue weighted by atomic mass is 16.3. The molecule has 0 radical (unpaired) electrons. The lowest BCUT2D eigenvalue weighted by Gasteiger charge is -2.21. The molecule has 0 saturated heterocycles. The minimum Gasteiger partial charge on any atom is -0.393 e. The molecule has 0 fully saturated rings. The molecule has 0 spiro atoms. The summed E-state index contributed by atoms with van der Waals surface area (Å²) in [6, 6.07) is 16.3. The van der Waals surface area contributed by atoms with E-state index < -0.39 is 0 Å². The summed E-state index contributed by atoms with van der Waals surface area (Å²) in [6.07, 6.45) is 4.11. The molecule has 3 heterocycles. The first-order valence-electron chi connectivity index (χ1n) is 11.7. The van der Waals surface area contributed by atoms with Crippen LogP contribution in [0.2, 0.25) is 0 Å². The molecule has 0 aliphatic heterocycles. The molecule has 4 N–H and O–H groups in total. The van der Waals surface area contributed by atoms with Crippen molar-refractivity contribution in [3.63, 3.8) is 0 Å². The number of aromatic amines is 3. The number of rotatable bonds is 8. The smallest absolute Gasteiger partial charge is 0.257 e. The Labute approximate surface area is 197 Å². The molecular weight excluding hydrogens is 426 g/mol. The summed E-state index contributed by atoms with van der Waals surface area (Å²) >= 11 is 0. The zero-order chi connectivity index (χ0) is 23.7. The normalized spacial score (nSPS) is 12.7. The maximum absolute atomic E-state index is 12.9. The third kappa shape index (κ3) is 4.53. The highest BCUT2D eigenvalue weighted by Gasteiger charge is 2.12. The van der Waals surface area contributed by atoms with Gasteiger partial charge in [0.25, 0.3) is 5.56 Å². The number of aliphatic hydroxyl groups excluding tert-OH is 1. The zero-order valence-corrected chi connectivity index (χ0v) is 19.4. The van der Waals surface area contributed by atoms with Gasteiger partial charge in [0.1, 0.15) is 0 Å². The van der Waals surface area contributed by atoms with Crippen molar-refractivity contribution in [1.82, 2.24) is 25.1 Å². The van der Waals surface area contributed by atoms with Crippen LogP contribution in [0.25, 0.3) is 44.2 Å². The second kappa shape index (κ2) is 9.29. The van der Waals surface area contributed by atoms with Gasteiger partial charge >= 0.3 is 0 Å². The fourth-order valence-corrected chi connectivity index (χ4v) is 4.40. The lowest BCUT2D eigenvalue weighted by Crippen LogP contribution is -2.26. The molecule has 5 rings (SSSR count). The van der Waals surface area contributed by atoms with Crippen molar-refractivity contribution in [3.05, 3.63) is 76.8 Å². The summed E-state index contributed by atoms with van der Waals surface area (Å²) in [5, 5.41) is 18.5. The Balaban J connectivity index is 1.47. The average Bonchev–Trinajstić information content (AvgIpc) is 3.51. The van der Waals surface area contributed by atoms with E-state index in [2.05, 4.69) is 56.3 Å². The van der Waals surface area contributed by atoms with Crippen LogP contribution < -0.4 is 5.56 Å². The summed E-state index contributed by atoms with van der Waals surface area (Å²) in [7, 11) is 0. The van der Waals surface area contributed by atoms with E-state index >= 15 is 0 Å². The summed E-state index contributed by atoms with van der Waals surface area (Å²) in [6.45, 7) is 6.58. The van der Waals surface area contributed by atoms with Gasteiger partial charge in [0, 0.05) is 41.3 Å². The standard InChI is InChI=1S/C27H29N5O2/c1-3-32(9-8-17(2)33)16-18-4-6-24-20(10-18)13-26(30-24)23-12-21-11-19(22-14-28-29-15-22)5-7-25(21)31-27(23)34/h4-7,10-15,17,30,33H,3,8-9,16H2,1-2H3,(H,28,29)(H,31,34). The van der Waals surface area contributed by atoms with Crippen LogP contribution in [-0.2, 0) is 6.54 Å². The van der Waals surface area contributed by atoms with Gasteiger partial charge in [0.15, 0.2) is 0 Å². The highest BCUT2D eigenvalue weighted by molar-refractivity contribution is 5.90. The maximum atomic E-state index is 12.9. The Morgan fingerprint density at radius 3 is 2.56 bits per heavy atom. The first-order chi connectivity index (χ1) is 16.5. The molecule has 7 heteroatoms. The molecule has 5 aromatic rings. The van der Waals surface area contributed by atoms with Gasteiger partial charge in [-0.15, -0.1) is 0 Å². The number of nitrogens with zero attached hydrogens (tertiary/aromatic N) is 2. The molecule has 1 atom stereocenters. The Morgan fingerprint density at radius 2 is 1.79 bits per heavy atom. The van der Waals surface area contributed by atoms with Crippen LogP contribution in [0.4, 0.5) is 0 Å². The number of fused-ring (bicyclic) bond motifs is 2. The van der Waals surface area contributed by atoms with Crippen molar-refractivity contribution in [2.75, 3.05) is 13.1 Å². The second-order valence-electron chi connectivity index (χ2n) is 8.91. The minimum atomic E-state index is -0.292. The molecule has 0 amide bonds. The maximum Gasteiger partial charge on any atom is 0.257 e. The number of aliphatic hydroxyl groups is 1. The average molecular weight is 456 g/mol. The molecule has 1 unspecified atom stereocenters. The predicted molar refractivity (Wildman–Crippen MR) is 137 cm³/mol. The molecule has 0 saturated carbocycles. The molecule has 0 bridgehead atoms. The fraction of sp³-hybridized carbons (Fsp3) is 0.259.